The maximum absolute atomic E-state index is 12.5. The molecule has 1 saturated carbocycles. The Labute approximate surface area is 161 Å². The smallest absolute Gasteiger partial charge is 0.228 e. The molecule has 2 N–H and O–H groups in total. The van der Waals surface area contributed by atoms with Gasteiger partial charge < -0.3 is 15.4 Å². The molecule has 5 nitrogen and oxygen atoms in total. The van der Waals surface area contributed by atoms with Crippen LogP contribution in [0.1, 0.15) is 12.0 Å². The highest BCUT2D eigenvalue weighted by Gasteiger charge is 2.48. The first-order valence-corrected chi connectivity index (χ1v) is 8.86. The fourth-order valence-electron chi connectivity index (χ4n) is 2.70. The van der Waals surface area contributed by atoms with Gasteiger partial charge in [0.25, 0.3) is 0 Å². The summed E-state index contributed by atoms with van der Waals surface area (Å²) in [7, 11) is 1.51. The number of ether oxygens (including phenoxy) is 1. The lowest BCUT2D eigenvalue weighted by molar-refractivity contribution is -0.122. The van der Waals surface area contributed by atoms with Crippen molar-refractivity contribution < 1.29 is 14.3 Å². The minimum Gasteiger partial charge on any atom is -0.495 e. The number of anilines is 2. The second-order valence-electron chi connectivity index (χ2n) is 6.24. The number of hydrogen-bond acceptors (Lipinski definition) is 3. The molecule has 0 aliphatic heterocycles. The Morgan fingerprint density at radius 3 is 2.27 bits per heavy atom. The molecule has 0 saturated heterocycles. The first kappa shape index (κ1) is 18.5. The van der Waals surface area contributed by atoms with E-state index in [4.69, 9.17) is 27.9 Å². The molecule has 0 radical (unpaired) electrons. The van der Waals surface area contributed by atoms with Crippen LogP contribution < -0.4 is 15.4 Å². The zero-order valence-corrected chi connectivity index (χ0v) is 15.8. The quantitative estimate of drug-likeness (QED) is 0.785. The minimum absolute atomic E-state index is 0.174. The highest BCUT2D eigenvalue weighted by molar-refractivity contribution is 6.31. The van der Waals surface area contributed by atoms with Gasteiger partial charge in [0, 0.05) is 21.8 Å². The third kappa shape index (κ3) is 4.11. The molecule has 0 aromatic heterocycles. The van der Waals surface area contributed by atoms with Crippen LogP contribution in [0.4, 0.5) is 11.4 Å². The van der Waals surface area contributed by atoms with Gasteiger partial charge in [0.1, 0.15) is 5.75 Å². The average Bonchev–Trinajstić information content (AvgIpc) is 3.41. The van der Waals surface area contributed by atoms with Gasteiger partial charge in [0.2, 0.25) is 11.8 Å². The molecule has 2 atom stereocenters. The van der Waals surface area contributed by atoms with Crippen molar-refractivity contribution in [3.63, 3.8) is 0 Å². The molecule has 2 aromatic carbocycles. The molecule has 1 fully saturated rings. The second kappa shape index (κ2) is 7.56. The summed E-state index contributed by atoms with van der Waals surface area (Å²) in [6, 6.07) is 10.2. The average molecular weight is 393 g/mol. The van der Waals surface area contributed by atoms with E-state index in [1.54, 1.807) is 36.4 Å². The number of methoxy groups -OCH3 is 1. The number of rotatable bonds is 5. The maximum Gasteiger partial charge on any atom is 0.228 e. The van der Waals surface area contributed by atoms with Gasteiger partial charge in [0.15, 0.2) is 0 Å². The normalized spacial score (nSPS) is 18.2. The topological polar surface area (TPSA) is 67.4 Å². The highest BCUT2D eigenvalue weighted by Crippen LogP contribution is 2.41. The predicted octanol–water partition coefficient (Wildman–Crippen LogP) is 4.52. The lowest BCUT2D eigenvalue weighted by atomic mass is 10.2. The van der Waals surface area contributed by atoms with Crippen molar-refractivity contribution in [2.45, 2.75) is 13.3 Å². The standard InChI is InChI=1S/C19H18Cl2N2O3/c1-10-7-16(17(26-2)9-15(10)21)23-19(25)14-8-13(14)18(24)22-12-5-3-11(20)4-6-12/h3-7,9,13-14H,8H2,1-2H3,(H,22,24)(H,23,25). The monoisotopic (exact) mass is 392 g/mol. The van der Waals surface area contributed by atoms with Crippen LogP contribution >= 0.6 is 23.2 Å². The van der Waals surface area contributed by atoms with Gasteiger partial charge in [0.05, 0.1) is 24.6 Å². The molecule has 3 rings (SSSR count). The summed E-state index contributed by atoms with van der Waals surface area (Å²) < 4.78 is 5.26. The van der Waals surface area contributed by atoms with E-state index in [0.29, 0.717) is 33.6 Å². The van der Waals surface area contributed by atoms with Crippen LogP contribution in [0.5, 0.6) is 5.75 Å². The maximum atomic E-state index is 12.5. The Bertz CT molecular complexity index is 853. The van der Waals surface area contributed by atoms with E-state index in [9.17, 15) is 9.59 Å². The number of benzene rings is 2. The van der Waals surface area contributed by atoms with Crippen molar-refractivity contribution in [3.05, 3.63) is 52.0 Å². The Balaban J connectivity index is 1.61. The molecule has 136 valence electrons. The fourth-order valence-corrected chi connectivity index (χ4v) is 2.98. The number of halogens is 2. The molecule has 2 unspecified atom stereocenters. The summed E-state index contributed by atoms with van der Waals surface area (Å²) >= 11 is 11.9. The summed E-state index contributed by atoms with van der Waals surface area (Å²) in [6.07, 6.45) is 0.514. The number of amides is 2. The first-order chi connectivity index (χ1) is 12.4. The molecule has 0 heterocycles. The van der Waals surface area contributed by atoms with Crippen LogP contribution in [-0.4, -0.2) is 18.9 Å². The van der Waals surface area contributed by atoms with Crippen molar-refractivity contribution in [2.24, 2.45) is 11.8 Å². The molecule has 2 amide bonds. The van der Waals surface area contributed by atoms with E-state index in [0.717, 1.165) is 5.56 Å². The van der Waals surface area contributed by atoms with Gasteiger partial charge in [-0.2, -0.15) is 0 Å². The summed E-state index contributed by atoms with van der Waals surface area (Å²) in [4.78, 5) is 24.7. The SMILES string of the molecule is COc1cc(Cl)c(C)cc1NC(=O)C1CC1C(=O)Nc1ccc(Cl)cc1. The van der Waals surface area contributed by atoms with Crippen LogP contribution in [0.15, 0.2) is 36.4 Å². The van der Waals surface area contributed by atoms with E-state index >= 15 is 0 Å². The van der Waals surface area contributed by atoms with Crippen LogP contribution in [0.2, 0.25) is 10.0 Å². The van der Waals surface area contributed by atoms with Gasteiger partial charge in [-0.15, -0.1) is 0 Å². The van der Waals surface area contributed by atoms with E-state index in [-0.39, 0.29) is 23.7 Å². The fraction of sp³-hybridized carbons (Fsp3) is 0.263. The third-order valence-electron chi connectivity index (χ3n) is 4.31. The lowest BCUT2D eigenvalue weighted by Gasteiger charge is -2.12. The van der Waals surface area contributed by atoms with Gasteiger partial charge in [-0.3, -0.25) is 9.59 Å². The van der Waals surface area contributed by atoms with Crippen molar-refractivity contribution in [3.8, 4) is 5.75 Å². The van der Waals surface area contributed by atoms with Crippen molar-refractivity contribution in [2.75, 3.05) is 17.7 Å². The Hall–Kier alpha value is -2.24. The number of carbonyl (C=O) groups is 2. The van der Waals surface area contributed by atoms with Crippen LogP contribution in [-0.2, 0) is 9.59 Å². The molecule has 1 aliphatic carbocycles. The molecular weight excluding hydrogens is 375 g/mol. The summed E-state index contributed by atoms with van der Waals surface area (Å²) in [5.74, 6) is -0.599. The van der Waals surface area contributed by atoms with Gasteiger partial charge in [-0.1, -0.05) is 23.2 Å². The van der Waals surface area contributed by atoms with E-state index in [1.165, 1.54) is 7.11 Å². The van der Waals surface area contributed by atoms with E-state index < -0.39 is 0 Å². The molecular formula is C19H18Cl2N2O3. The second-order valence-corrected chi connectivity index (χ2v) is 7.08. The minimum atomic E-state index is -0.358. The van der Waals surface area contributed by atoms with E-state index in [1.807, 2.05) is 6.92 Å². The summed E-state index contributed by atoms with van der Waals surface area (Å²) in [5, 5.41) is 6.78. The van der Waals surface area contributed by atoms with Gasteiger partial charge in [-0.05, 0) is 49.2 Å². The number of hydrogen-bond donors (Lipinski definition) is 2. The molecule has 26 heavy (non-hydrogen) atoms. The third-order valence-corrected chi connectivity index (χ3v) is 4.97. The largest absolute Gasteiger partial charge is 0.495 e. The lowest BCUT2D eigenvalue weighted by Crippen LogP contribution is -2.20. The number of carbonyl (C=O) groups excluding carboxylic acids is 2. The Kier molecular flexibility index (Phi) is 5.39. The molecule has 2 aromatic rings. The van der Waals surface area contributed by atoms with Crippen molar-refractivity contribution in [1.29, 1.82) is 0 Å². The number of aryl methyl sites for hydroxylation is 1. The van der Waals surface area contributed by atoms with Crippen molar-refractivity contribution in [1.82, 2.24) is 0 Å². The van der Waals surface area contributed by atoms with Crippen LogP contribution in [0, 0.1) is 18.8 Å². The number of nitrogens with one attached hydrogen (secondary N) is 2. The molecule has 0 bridgehead atoms. The van der Waals surface area contributed by atoms with Gasteiger partial charge >= 0.3 is 0 Å². The zero-order valence-electron chi connectivity index (χ0n) is 14.3. The van der Waals surface area contributed by atoms with Crippen molar-refractivity contribution >= 4 is 46.4 Å². The summed E-state index contributed by atoms with van der Waals surface area (Å²) in [6.45, 7) is 1.84. The Morgan fingerprint density at radius 2 is 1.65 bits per heavy atom. The van der Waals surface area contributed by atoms with E-state index in [2.05, 4.69) is 10.6 Å². The summed E-state index contributed by atoms with van der Waals surface area (Å²) in [5.41, 5.74) is 2.03. The zero-order chi connectivity index (χ0) is 18.8. The Morgan fingerprint density at radius 1 is 1.04 bits per heavy atom. The molecule has 7 heteroatoms. The van der Waals surface area contributed by atoms with Gasteiger partial charge in [-0.25, -0.2) is 0 Å². The predicted molar refractivity (Wildman–Crippen MR) is 103 cm³/mol. The molecule has 1 aliphatic rings. The van der Waals surface area contributed by atoms with Crippen LogP contribution in [0.25, 0.3) is 0 Å². The first-order valence-electron chi connectivity index (χ1n) is 8.10. The molecule has 0 spiro atoms. The van der Waals surface area contributed by atoms with Crippen LogP contribution in [0.3, 0.4) is 0 Å². The highest BCUT2D eigenvalue weighted by atomic mass is 35.5.